The van der Waals surface area contributed by atoms with Gasteiger partial charge in [-0.3, -0.25) is 19.9 Å². The maximum Gasteiger partial charge on any atom is 0.273 e. The number of ether oxygens (including phenoxy) is 2. The highest BCUT2D eigenvalue weighted by Gasteiger charge is 2.42. The lowest BCUT2D eigenvalue weighted by atomic mass is 9.96. The molecule has 11 nitrogen and oxygen atoms in total. The molecule has 1 aliphatic heterocycles. The van der Waals surface area contributed by atoms with E-state index in [9.17, 15) is 14.9 Å². The first-order chi connectivity index (χ1) is 20.1. The third-order valence-electron chi connectivity index (χ3n) is 7.27. The summed E-state index contributed by atoms with van der Waals surface area (Å²) in [6.07, 6.45) is 1.74. The van der Waals surface area contributed by atoms with E-state index in [0.29, 0.717) is 28.0 Å². The van der Waals surface area contributed by atoms with Gasteiger partial charge in [-0.15, -0.1) is 0 Å². The molecule has 1 amide bonds. The predicted molar refractivity (Wildman–Crippen MR) is 164 cm³/mol. The Hall–Kier alpha value is -4.97. The van der Waals surface area contributed by atoms with Crippen LogP contribution in [0.2, 0.25) is 0 Å². The number of thiocarbonyl (C=S) groups is 1. The first-order valence-corrected chi connectivity index (χ1v) is 13.5. The third-order valence-corrected chi connectivity index (χ3v) is 7.59. The largest absolute Gasteiger partial charge is 0.495 e. The third kappa shape index (κ3) is 5.12. The fourth-order valence-corrected chi connectivity index (χ4v) is 5.85. The summed E-state index contributed by atoms with van der Waals surface area (Å²) in [6, 6.07) is 17.3. The molecule has 216 valence electrons. The number of methoxy groups -OCH3 is 2. The van der Waals surface area contributed by atoms with Crippen LogP contribution in [0.15, 0.2) is 66.9 Å². The molecule has 0 radical (unpaired) electrons. The van der Waals surface area contributed by atoms with Gasteiger partial charge in [0, 0.05) is 36.3 Å². The van der Waals surface area contributed by atoms with Gasteiger partial charge in [0.25, 0.3) is 5.69 Å². The Morgan fingerprint density at radius 1 is 1.07 bits per heavy atom. The molecule has 2 aromatic heterocycles. The molecular formula is C30H30N6O5S. The zero-order valence-corrected chi connectivity index (χ0v) is 24.6. The molecule has 2 aromatic carbocycles. The second kappa shape index (κ2) is 11.5. The van der Waals surface area contributed by atoms with Crippen molar-refractivity contribution in [1.82, 2.24) is 14.9 Å². The minimum atomic E-state index is -0.447. The van der Waals surface area contributed by atoms with Crippen LogP contribution < -0.4 is 25.0 Å². The maximum absolute atomic E-state index is 12.0. The number of rotatable bonds is 8. The van der Waals surface area contributed by atoms with E-state index in [1.165, 1.54) is 26.2 Å². The van der Waals surface area contributed by atoms with Crippen molar-refractivity contribution in [2.45, 2.75) is 32.9 Å². The quantitative estimate of drug-likeness (QED) is 0.155. The molecule has 4 aromatic rings. The van der Waals surface area contributed by atoms with Crippen LogP contribution in [0.3, 0.4) is 0 Å². The van der Waals surface area contributed by atoms with E-state index in [2.05, 4.69) is 21.7 Å². The van der Waals surface area contributed by atoms with Crippen LogP contribution in [0.1, 0.15) is 41.7 Å². The Labute approximate surface area is 248 Å². The highest BCUT2D eigenvalue weighted by molar-refractivity contribution is 7.80. The number of benzene rings is 2. The minimum Gasteiger partial charge on any atom is -0.495 e. The van der Waals surface area contributed by atoms with Crippen molar-refractivity contribution in [3.8, 4) is 17.2 Å². The average Bonchev–Trinajstić information content (AvgIpc) is 3.47. The first-order valence-electron chi connectivity index (χ1n) is 13.1. The summed E-state index contributed by atoms with van der Waals surface area (Å²) < 4.78 is 13.1. The van der Waals surface area contributed by atoms with Crippen molar-refractivity contribution < 1.29 is 19.2 Å². The van der Waals surface area contributed by atoms with Crippen molar-refractivity contribution in [3.63, 3.8) is 0 Å². The number of aromatic nitrogens is 2. The lowest BCUT2D eigenvalue weighted by Crippen LogP contribution is -2.29. The average molecular weight is 587 g/mol. The first kappa shape index (κ1) is 28.6. The predicted octanol–water partition coefficient (Wildman–Crippen LogP) is 5.55. The van der Waals surface area contributed by atoms with Crippen molar-refractivity contribution in [2.24, 2.45) is 0 Å². The number of hydrogen-bond donors (Lipinski definition) is 2. The highest BCUT2D eigenvalue weighted by atomic mass is 32.1. The molecule has 0 aliphatic carbocycles. The van der Waals surface area contributed by atoms with Gasteiger partial charge >= 0.3 is 0 Å². The Bertz CT molecular complexity index is 1690. The van der Waals surface area contributed by atoms with Gasteiger partial charge in [0.05, 0.1) is 54.4 Å². The number of nitro groups is 1. The molecule has 12 heteroatoms. The van der Waals surface area contributed by atoms with E-state index in [4.69, 9.17) is 21.7 Å². The number of pyridine rings is 1. The molecule has 0 spiro atoms. The maximum atomic E-state index is 12.0. The van der Waals surface area contributed by atoms with Crippen LogP contribution in [0.5, 0.6) is 11.5 Å². The summed E-state index contributed by atoms with van der Waals surface area (Å²) in [4.78, 5) is 29.6. The fraction of sp³-hybridized carbons (Fsp3) is 0.233. The number of nitro benzene ring substituents is 1. The van der Waals surface area contributed by atoms with Crippen LogP contribution in [0, 0.1) is 24.0 Å². The summed E-state index contributed by atoms with van der Waals surface area (Å²) in [5.41, 5.74) is 5.47. The number of nitrogens with zero attached hydrogens (tertiary/aromatic N) is 4. The molecule has 2 atom stereocenters. The number of carbonyl (C=O) groups is 1. The minimum absolute atomic E-state index is 0.0560. The SMILES string of the molecule is COc1ccc(N2C(=S)NC(c3ccccn3)C2c2cc(C)n(-c3ccc([N+](=O)[O-])cc3OC)c2C)cc1NC(C)=O. The molecule has 0 saturated carbocycles. The van der Waals surface area contributed by atoms with E-state index in [1.807, 2.05) is 53.6 Å². The van der Waals surface area contributed by atoms with E-state index in [0.717, 1.165) is 28.3 Å². The van der Waals surface area contributed by atoms with E-state index in [-0.39, 0.29) is 23.7 Å². The Balaban J connectivity index is 1.69. The Morgan fingerprint density at radius 3 is 2.48 bits per heavy atom. The molecule has 3 heterocycles. The molecule has 2 N–H and O–H groups in total. The van der Waals surface area contributed by atoms with Gasteiger partial charge in [-0.2, -0.15) is 0 Å². The summed E-state index contributed by atoms with van der Waals surface area (Å²) in [5, 5.41) is 18.2. The van der Waals surface area contributed by atoms with E-state index in [1.54, 1.807) is 25.4 Å². The lowest BCUT2D eigenvalue weighted by Gasteiger charge is -2.29. The zero-order chi connectivity index (χ0) is 30.1. The van der Waals surface area contributed by atoms with Gasteiger partial charge in [-0.1, -0.05) is 6.07 Å². The summed E-state index contributed by atoms with van der Waals surface area (Å²) in [5.74, 6) is 0.676. The van der Waals surface area contributed by atoms with Crippen LogP contribution >= 0.6 is 12.2 Å². The number of nitrogens with one attached hydrogen (secondary N) is 2. The monoisotopic (exact) mass is 586 g/mol. The fourth-order valence-electron chi connectivity index (χ4n) is 5.50. The van der Waals surface area contributed by atoms with Crippen molar-refractivity contribution in [3.05, 3.63) is 99.6 Å². The van der Waals surface area contributed by atoms with Crippen molar-refractivity contribution in [2.75, 3.05) is 24.4 Å². The number of amides is 1. The highest BCUT2D eigenvalue weighted by Crippen LogP contribution is 2.45. The van der Waals surface area contributed by atoms with Crippen molar-refractivity contribution >= 4 is 40.3 Å². The number of non-ortho nitro benzene ring substituents is 1. The number of aryl methyl sites for hydroxylation is 1. The Kier molecular flexibility index (Phi) is 7.81. The van der Waals surface area contributed by atoms with Crippen LogP contribution in [0.25, 0.3) is 5.69 Å². The number of carbonyl (C=O) groups excluding carboxylic acids is 1. The van der Waals surface area contributed by atoms with Crippen LogP contribution in [-0.2, 0) is 4.79 Å². The standard InChI is InChI=1S/C30H30N6O5S/c1-17-14-22(18(2)34(17)25-11-9-21(36(38)39)16-27(25)41-5)29-28(23-8-6-7-13-31-23)33-30(42)35(29)20-10-12-26(40-4)24(15-20)32-19(3)37/h6-16,28-29H,1-5H3,(H,32,37)(H,33,42). The van der Waals surface area contributed by atoms with Crippen LogP contribution in [0.4, 0.5) is 17.1 Å². The smallest absolute Gasteiger partial charge is 0.273 e. The molecule has 0 bridgehead atoms. The van der Waals surface area contributed by atoms with Crippen molar-refractivity contribution in [1.29, 1.82) is 0 Å². The Morgan fingerprint density at radius 2 is 1.83 bits per heavy atom. The molecule has 1 aliphatic rings. The molecule has 42 heavy (non-hydrogen) atoms. The summed E-state index contributed by atoms with van der Waals surface area (Å²) in [7, 11) is 3.04. The van der Waals surface area contributed by atoms with Crippen LogP contribution in [-0.4, -0.2) is 39.7 Å². The molecule has 5 rings (SSSR count). The molecule has 1 saturated heterocycles. The zero-order valence-electron chi connectivity index (χ0n) is 23.7. The van der Waals surface area contributed by atoms with Gasteiger partial charge in [0.15, 0.2) is 5.11 Å². The van der Waals surface area contributed by atoms with E-state index >= 15 is 0 Å². The van der Waals surface area contributed by atoms with Gasteiger partial charge in [-0.05, 0) is 74.1 Å². The number of hydrogen-bond acceptors (Lipinski definition) is 7. The van der Waals surface area contributed by atoms with Gasteiger partial charge in [0.2, 0.25) is 5.91 Å². The second-order valence-electron chi connectivity index (χ2n) is 9.84. The van der Waals surface area contributed by atoms with Gasteiger partial charge in [0.1, 0.15) is 11.5 Å². The summed E-state index contributed by atoms with van der Waals surface area (Å²) >= 11 is 5.90. The van der Waals surface area contributed by atoms with Gasteiger partial charge in [-0.25, -0.2) is 0 Å². The van der Waals surface area contributed by atoms with Gasteiger partial charge < -0.3 is 29.6 Å². The summed E-state index contributed by atoms with van der Waals surface area (Å²) in [6.45, 7) is 5.41. The topological polar surface area (TPSA) is 124 Å². The normalized spacial score (nSPS) is 16.2. The molecule has 1 fully saturated rings. The lowest BCUT2D eigenvalue weighted by molar-refractivity contribution is -0.384. The van der Waals surface area contributed by atoms with E-state index < -0.39 is 4.92 Å². The molecule has 2 unspecified atom stereocenters. The second-order valence-corrected chi connectivity index (χ2v) is 10.2. The molecular weight excluding hydrogens is 556 g/mol. The number of anilines is 2.